The van der Waals surface area contributed by atoms with E-state index in [1.54, 1.807) is 0 Å². The molecular weight excluding hydrogens is 321 g/mol. The number of nitrogens with zero attached hydrogens (tertiary/aromatic N) is 1. The molecule has 24 heavy (non-hydrogen) atoms. The topological polar surface area (TPSA) is 41.6 Å². The molecule has 1 aliphatic rings. The van der Waals surface area contributed by atoms with Gasteiger partial charge < -0.3 is 10.1 Å². The Hall–Kier alpha value is -1.60. The quantitative estimate of drug-likeness (QED) is 0.893. The lowest BCUT2D eigenvalue weighted by Crippen LogP contribution is -2.44. The van der Waals surface area contributed by atoms with Crippen molar-refractivity contribution >= 4 is 5.91 Å². The Morgan fingerprint density at radius 3 is 2.25 bits per heavy atom. The van der Waals surface area contributed by atoms with Gasteiger partial charge in [-0.15, -0.1) is 0 Å². The number of alkyl halides is 3. The van der Waals surface area contributed by atoms with Crippen LogP contribution in [-0.2, 0) is 22.6 Å². The lowest BCUT2D eigenvalue weighted by Gasteiger charge is -2.35. The van der Waals surface area contributed by atoms with Gasteiger partial charge in [-0.2, -0.15) is 13.2 Å². The molecule has 1 aliphatic heterocycles. The van der Waals surface area contributed by atoms with E-state index in [4.69, 9.17) is 4.74 Å². The summed E-state index contributed by atoms with van der Waals surface area (Å²) in [4.78, 5) is 13.5. The molecule has 0 spiro atoms. The van der Waals surface area contributed by atoms with Gasteiger partial charge in [0, 0.05) is 26.2 Å². The van der Waals surface area contributed by atoms with Gasteiger partial charge in [0.15, 0.2) is 0 Å². The van der Waals surface area contributed by atoms with Crippen LogP contribution >= 0.6 is 0 Å². The maximum Gasteiger partial charge on any atom is 0.397 e. The molecule has 1 aromatic carbocycles. The van der Waals surface area contributed by atoms with Gasteiger partial charge in [0.05, 0.1) is 12.2 Å². The highest BCUT2D eigenvalue weighted by Gasteiger charge is 2.30. The molecule has 0 unspecified atom stereocenters. The summed E-state index contributed by atoms with van der Waals surface area (Å²) in [6.07, 6.45) is -5.51. The normalized spacial score (nSPS) is 22.4. The molecule has 2 rings (SSSR count). The molecule has 0 radical (unpaired) electrons. The monoisotopic (exact) mass is 344 g/mol. The molecule has 0 aliphatic carbocycles. The maximum absolute atomic E-state index is 12.1. The Balaban J connectivity index is 1.81. The number of carbonyl (C=O) groups excluding carboxylic acids is 1. The summed E-state index contributed by atoms with van der Waals surface area (Å²) in [5.74, 6) is -1.01. The number of nitrogens with one attached hydrogen (secondary N) is 1. The summed E-state index contributed by atoms with van der Waals surface area (Å²) in [6, 6.07) is 7.54. The Labute approximate surface area is 140 Å². The summed E-state index contributed by atoms with van der Waals surface area (Å²) in [6.45, 7) is 6.75. The first-order valence-corrected chi connectivity index (χ1v) is 8.00. The Morgan fingerprint density at radius 1 is 1.17 bits per heavy atom. The van der Waals surface area contributed by atoms with Crippen molar-refractivity contribution in [1.29, 1.82) is 0 Å². The summed E-state index contributed by atoms with van der Waals surface area (Å²) >= 11 is 0. The summed E-state index contributed by atoms with van der Waals surface area (Å²) < 4.78 is 42.0. The minimum atomic E-state index is -4.47. The second-order valence-corrected chi connectivity index (χ2v) is 6.34. The predicted octanol–water partition coefficient (Wildman–Crippen LogP) is 2.86. The van der Waals surface area contributed by atoms with Crippen LogP contribution in [0, 0.1) is 0 Å². The van der Waals surface area contributed by atoms with Crippen LogP contribution in [0.2, 0.25) is 0 Å². The number of hydrogen-bond acceptors (Lipinski definition) is 3. The summed E-state index contributed by atoms with van der Waals surface area (Å²) in [5.41, 5.74) is 1.90. The number of ether oxygens (including phenoxy) is 1. The van der Waals surface area contributed by atoms with E-state index in [9.17, 15) is 18.0 Å². The largest absolute Gasteiger partial charge is 0.397 e. The van der Waals surface area contributed by atoms with Gasteiger partial charge in [-0.05, 0) is 25.0 Å². The highest BCUT2D eigenvalue weighted by molar-refractivity contribution is 5.76. The van der Waals surface area contributed by atoms with E-state index in [2.05, 4.69) is 24.1 Å². The number of halogens is 3. The number of morpholine rings is 1. The molecular formula is C17H23F3N2O2. The molecule has 1 amide bonds. The Kier molecular flexibility index (Phi) is 6.23. The first-order chi connectivity index (χ1) is 11.2. The zero-order valence-corrected chi connectivity index (χ0v) is 13.9. The van der Waals surface area contributed by atoms with Crippen LogP contribution in [0.15, 0.2) is 24.3 Å². The fourth-order valence-electron chi connectivity index (χ4n) is 2.88. The van der Waals surface area contributed by atoms with Gasteiger partial charge in [0.1, 0.15) is 6.42 Å². The minimum Gasteiger partial charge on any atom is -0.373 e. The van der Waals surface area contributed by atoms with Gasteiger partial charge in [0.25, 0.3) is 0 Å². The van der Waals surface area contributed by atoms with Crippen molar-refractivity contribution in [3.05, 3.63) is 35.4 Å². The van der Waals surface area contributed by atoms with Crippen LogP contribution in [0.3, 0.4) is 0 Å². The number of amides is 1. The van der Waals surface area contributed by atoms with E-state index in [0.717, 1.165) is 30.8 Å². The summed E-state index contributed by atoms with van der Waals surface area (Å²) in [7, 11) is 0. The molecule has 0 aromatic heterocycles. The van der Waals surface area contributed by atoms with Crippen molar-refractivity contribution in [1.82, 2.24) is 10.2 Å². The standard InChI is InChI=1S/C17H23F3N2O2/c1-12-9-22(10-13(2)24-12)11-15-5-3-14(4-6-15)8-21-16(23)7-17(18,19)20/h3-6,12-13H,7-11H2,1-2H3,(H,21,23)/t12-,13-/m0/s1. The van der Waals surface area contributed by atoms with Crippen molar-refractivity contribution in [2.45, 2.75) is 51.7 Å². The first kappa shape index (κ1) is 18.7. The average Bonchev–Trinajstić information content (AvgIpc) is 2.43. The van der Waals surface area contributed by atoms with Gasteiger partial charge in [-0.3, -0.25) is 9.69 Å². The highest BCUT2D eigenvalue weighted by Crippen LogP contribution is 2.19. The highest BCUT2D eigenvalue weighted by atomic mass is 19.4. The third-order valence-electron chi connectivity index (χ3n) is 3.78. The number of benzene rings is 1. The van der Waals surface area contributed by atoms with Crippen LogP contribution < -0.4 is 5.32 Å². The fraction of sp³-hybridized carbons (Fsp3) is 0.588. The predicted molar refractivity (Wildman–Crippen MR) is 84.2 cm³/mol. The van der Waals surface area contributed by atoms with Gasteiger partial charge >= 0.3 is 6.18 Å². The minimum absolute atomic E-state index is 0.0980. The molecule has 7 heteroatoms. The molecule has 1 aromatic rings. The van der Waals surface area contributed by atoms with Crippen molar-refractivity contribution in [2.75, 3.05) is 13.1 Å². The van der Waals surface area contributed by atoms with Crippen LogP contribution in [0.5, 0.6) is 0 Å². The van der Waals surface area contributed by atoms with Gasteiger partial charge in [-0.25, -0.2) is 0 Å². The number of hydrogen-bond donors (Lipinski definition) is 1. The molecule has 4 nitrogen and oxygen atoms in total. The lowest BCUT2D eigenvalue weighted by atomic mass is 10.1. The summed E-state index contributed by atoms with van der Waals surface area (Å²) in [5, 5.41) is 2.28. The van der Waals surface area contributed by atoms with Crippen molar-refractivity contribution in [3.8, 4) is 0 Å². The molecule has 1 fully saturated rings. The van der Waals surface area contributed by atoms with E-state index in [-0.39, 0.29) is 18.8 Å². The van der Waals surface area contributed by atoms with Gasteiger partial charge in [0.2, 0.25) is 5.91 Å². The van der Waals surface area contributed by atoms with Crippen molar-refractivity contribution < 1.29 is 22.7 Å². The molecule has 1 saturated heterocycles. The van der Waals surface area contributed by atoms with Crippen molar-refractivity contribution in [3.63, 3.8) is 0 Å². The molecule has 134 valence electrons. The van der Waals surface area contributed by atoms with Crippen LogP contribution in [-0.4, -0.2) is 42.3 Å². The number of rotatable bonds is 5. The molecule has 0 saturated carbocycles. The zero-order valence-electron chi connectivity index (χ0n) is 13.9. The van der Waals surface area contributed by atoms with Crippen molar-refractivity contribution in [2.24, 2.45) is 0 Å². The van der Waals surface area contributed by atoms with Gasteiger partial charge in [-0.1, -0.05) is 24.3 Å². The third kappa shape index (κ3) is 6.49. The van der Waals surface area contributed by atoms with E-state index in [1.165, 1.54) is 0 Å². The Morgan fingerprint density at radius 2 is 1.71 bits per heavy atom. The molecule has 1 N–H and O–H groups in total. The second-order valence-electron chi connectivity index (χ2n) is 6.34. The Bertz CT molecular complexity index is 536. The zero-order chi connectivity index (χ0) is 17.7. The van der Waals surface area contributed by atoms with Crippen LogP contribution in [0.1, 0.15) is 31.4 Å². The smallest absolute Gasteiger partial charge is 0.373 e. The molecule has 0 bridgehead atoms. The third-order valence-corrected chi connectivity index (χ3v) is 3.78. The fourth-order valence-corrected chi connectivity index (χ4v) is 2.88. The SMILES string of the molecule is C[C@H]1CN(Cc2ccc(CNC(=O)CC(F)(F)F)cc2)C[C@H](C)O1. The van der Waals surface area contributed by atoms with E-state index in [0.29, 0.717) is 0 Å². The molecule has 2 atom stereocenters. The van der Waals surface area contributed by atoms with Crippen LogP contribution in [0.25, 0.3) is 0 Å². The maximum atomic E-state index is 12.1. The van der Waals surface area contributed by atoms with Crippen LogP contribution in [0.4, 0.5) is 13.2 Å². The van der Waals surface area contributed by atoms with E-state index in [1.807, 2.05) is 24.3 Å². The second kappa shape index (κ2) is 7.98. The average molecular weight is 344 g/mol. The lowest BCUT2D eigenvalue weighted by molar-refractivity contribution is -0.153. The number of carbonyl (C=O) groups is 1. The first-order valence-electron chi connectivity index (χ1n) is 8.00. The van der Waals surface area contributed by atoms with E-state index < -0.39 is 18.5 Å². The van der Waals surface area contributed by atoms with E-state index >= 15 is 0 Å². The molecule has 1 heterocycles.